The number of benzene rings is 1. The highest BCUT2D eigenvalue weighted by molar-refractivity contribution is 7.09. The smallest absolute Gasteiger partial charge is 0.338 e. The maximum absolute atomic E-state index is 12.8. The summed E-state index contributed by atoms with van der Waals surface area (Å²) in [6, 6.07) is 6.99. The zero-order chi connectivity index (χ0) is 21.7. The minimum absolute atomic E-state index is 0.181. The Morgan fingerprint density at radius 2 is 2.00 bits per heavy atom. The molecule has 0 spiro atoms. The van der Waals surface area contributed by atoms with Crippen molar-refractivity contribution in [2.45, 2.75) is 25.8 Å². The molecule has 2 amide bonds. The first-order valence-electron chi connectivity index (χ1n) is 9.42. The lowest BCUT2D eigenvalue weighted by Crippen LogP contribution is -2.51. The van der Waals surface area contributed by atoms with Gasteiger partial charge in [-0.15, -0.1) is 11.3 Å². The first-order chi connectivity index (χ1) is 14.4. The molecule has 1 aliphatic carbocycles. The minimum atomic E-state index is -1.40. The largest absolute Gasteiger partial charge is 0.464 e. The molecule has 1 fully saturated rings. The van der Waals surface area contributed by atoms with Crippen LogP contribution in [0.3, 0.4) is 0 Å². The molecule has 4 N–H and O–H groups in total. The van der Waals surface area contributed by atoms with Crippen LogP contribution in [0.4, 0.5) is 5.69 Å². The van der Waals surface area contributed by atoms with Gasteiger partial charge in [-0.2, -0.15) is 5.10 Å². The molecule has 10 heteroatoms. The van der Waals surface area contributed by atoms with Gasteiger partial charge in [0, 0.05) is 17.3 Å². The Balaban J connectivity index is 1.62. The van der Waals surface area contributed by atoms with Crippen LogP contribution >= 0.6 is 11.3 Å². The van der Waals surface area contributed by atoms with Crippen LogP contribution in [0.1, 0.15) is 30.8 Å². The Hall–Kier alpha value is -3.27. The monoisotopic (exact) mass is 429 g/mol. The molecule has 1 aromatic carbocycles. The number of thiazole rings is 1. The molecule has 3 unspecified atom stereocenters. The number of nitrogens with one attached hydrogen (secondary N) is 2. The summed E-state index contributed by atoms with van der Waals surface area (Å²) in [5.74, 6) is 2.92. The first kappa shape index (κ1) is 21.4. The van der Waals surface area contributed by atoms with Crippen LogP contribution in [0.15, 0.2) is 40.9 Å². The van der Waals surface area contributed by atoms with Crippen molar-refractivity contribution in [3.63, 3.8) is 0 Å². The number of nitrogens with two attached hydrogens (primary N) is 1. The summed E-state index contributed by atoms with van der Waals surface area (Å²) >= 11 is 1.25. The normalized spacial score (nSPS) is 19.7. The first-order valence-corrected chi connectivity index (χ1v) is 10.3. The van der Waals surface area contributed by atoms with Crippen molar-refractivity contribution in [3.05, 3.63) is 46.4 Å². The third kappa shape index (κ3) is 4.65. The summed E-state index contributed by atoms with van der Waals surface area (Å²) in [6.45, 7) is 3.43. The predicted octanol–water partition coefficient (Wildman–Crippen LogP) is 1.61. The fourth-order valence-corrected chi connectivity index (χ4v) is 3.77. The van der Waals surface area contributed by atoms with E-state index in [0.29, 0.717) is 17.1 Å². The maximum Gasteiger partial charge on any atom is 0.338 e. The topological polar surface area (TPSA) is 136 Å². The number of anilines is 1. The highest BCUT2D eigenvalue weighted by Gasteiger charge is 2.51. The molecule has 1 heterocycles. The molecule has 30 heavy (non-hydrogen) atoms. The van der Waals surface area contributed by atoms with Gasteiger partial charge in [0.2, 0.25) is 11.8 Å². The molecule has 1 aliphatic rings. The second-order valence-corrected chi connectivity index (χ2v) is 7.90. The highest BCUT2D eigenvalue weighted by atomic mass is 32.1. The van der Waals surface area contributed by atoms with Crippen LogP contribution in [-0.4, -0.2) is 35.6 Å². The van der Waals surface area contributed by atoms with Crippen LogP contribution in [0.25, 0.3) is 0 Å². The molecular weight excluding hydrogens is 406 g/mol. The van der Waals surface area contributed by atoms with Crippen molar-refractivity contribution in [2.24, 2.45) is 22.8 Å². The number of hydrazone groups is 1. The van der Waals surface area contributed by atoms with Crippen LogP contribution < -0.4 is 16.5 Å². The third-order valence-corrected chi connectivity index (χ3v) is 5.78. The van der Waals surface area contributed by atoms with Crippen molar-refractivity contribution in [2.75, 3.05) is 11.9 Å². The van der Waals surface area contributed by atoms with Crippen molar-refractivity contribution in [1.82, 2.24) is 10.3 Å². The van der Waals surface area contributed by atoms with Gasteiger partial charge in [0.15, 0.2) is 5.54 Å². The minimum Gasteiger partial charge on any atom is -0.464 e. The molecule has 0 aliphatic heterocycles. The molecule has 3 atom stereocenters. The lowest BCUT2D eigenvalue weighted by Gasteiger charge is -2.26. The molecule has 1 saturated carbocycles. The lowest BCUT2D eigenvalue weighted by molar-refractivity contribution is -0.153. The number of aromatic nitrogens is 1. The summed E-state index contributed by atoms with van der Waals surface area (Å²) in [6.07, 6.45) is 3.46. The van der Waals surface area contributed by atoms with E-state index in [0.717, 1.165) is 5.56 Å². The van der Waals surface area contributed by atoms with Crippen LogP contribution in [-0.2, 0) is 24.7 Å². The number of carbonyl (C=O) groups excluding carboxylic acids is 3. The second-order valence-electron chi connectivity index (χ2n) is 7.01. The van der Waals surface area contributed by atoms with Gasteiger partial charge in [-0.05, 0) is 38.0 Å². The average molecular weight is 430 g/mol. The summed E-state index contributed by atoms with van der Waals surface area (Å²) in [5.41, 5.74) is 0.0182. The van der Waals surface area contributed by atoms with E-state index in [2.05, 4.69) is 20.7 Å². The van der Waals surface area contributed by atoms with E-state index in [4.69, 9.17) is 10.6 Å². The van der Waals surface area contributed by atoms with Gasteiger partial charge in [-0.25, -0.2) is 9.78 Å². The number of esters is 1. The number of carbonyl (C=O) groups is 3. The summed E-state index contributed by atoms with van der Waals surface area (Å²) in [4.78, 5) is 41.9. The van der Waals surface area contributed by atoms with Crippen LogP contribution in [0.2, 0.25) is 0 Å². The number of hydrogen-bond acceptors (Lipinski definition) is 8. The number of ether oxygens (including phenoxy) is 1. The molecule has 2 aromatic rings. The van der Waals surface area contributed by atoms with Gasteiger partial charge in [0.25, 0.3) is 0 Å². The molecular formula is C20H23N5O4S. The maximum atomic E-state index is 12.8. The number of nitrogens with zero attached hydrogens (tertiary/aromatic N) is 2. The van der Waals surface area contributed by atoms with E-state index in [1.165, 1.54) is 17.6 Å². The van der Waals surface area contributed by atoms with Crippen molar-refractivity contribution in [1.29, 1.82) is 0 Å². The van der Waals surface area contributed by atoms with Crippen molar-refractivity contribution < 1.29 is 19.1 Å². The highest BCUT2D eigenvalue weighted by Crippen LogP contribution is 2.40. The molecule has 158 valence electrons. The summed E-state index contributed by atoms with van der Waals surface area (Å²) < 4.78 is 5.13. The van der Waals surface area contributed by atoms with Crippen LogP contribution in [0.5, 0.6) is 0 Å². The molecule has 1 aromatic heterocycles. The van der Waals surface area contributed by atoms with Gasteiger partial charge in [-0.1, -0.05) is 12.1 Å². The van der Waals surface area contributed by atoms with E-state index in [9.17, 15) is 14.4 Å². The molecule has 0 saturated heterocycles. The Kier molecular flexibility index (Phi) is 6.46. The van der Waals surface area contributed by atoms with Gasteiger partial charge in [-0.3, -0.25) is 9.59 Å². The fraction of sp³-hybridized carbons (Fsp3) is 0.350. The predicted molar refractivity (Wildman–Crippen MR) is 113 cm³/mol. The Labute approximate surface area is 177 Å². The van der Waals surface area contributed by atoms with Gasteiger partial charge in [0.05, 0.1) is 24.7 Å². The Morgan fingerprint density at radius 1 is 1.30 bits per heavy atom. The fourth-order valence-electron chi connectivity index (χ4n) is 3.02. The Bertz CT molecular complexity index is 945. The van der Waals surface area contributed by atoms with Gasteiger partial charge >= 0.3 is 5.97 Å². The molecule has 9 nitrogen and oxygen atoms in total. The van der Waals surface area contributed by atoms with E-state index >= 15 is 0 Å². The van der Waals surface area contributed by atoms with E-state index in [-0.39, 0.29) is 18.4 Å². The van der Waals surface area contributed by atoms with Crippen LogP contribution in [0, 0.1) is 11.8 Å². The van der Waals surface area contributed by atoms with E-state index < -0.39 is 23.3 Å². The van der Waals surface area contributed by atoms with Gasteiger partial charge in [0.1, 0.15) is 5.01 Å². The molecule has 0 bridgehead atoms. The van der Waals surface area contributed by atoms with Gasteiger partial charge < -0.3 is 21.2 Å². The molecule has 0 radical (unpaired) electrons. The standard InChI is InChI=1S/C20H23N5O4S/c1-3-29-19(28)20(2,18-22-8-9-30-18)25-17(27)15-10-14(15)16(26)24-13-6-4-12(5-7-13)11-23-21/h4-9,11,14-15H,3,10,21H2,1-2H3,(H,24,26)(H,25,27). The lowest BCUT2D eigenvalue weighted by atomic mass is 10.0. The SMILES string of the molecule is CCOC(=O)C(C)(NC(=O)C1CC1C(=O)Nc1ccc(C=NN)cc1)c1nccs1. The van der Waals surface area contributed by atoms with E-state index in [1.54, 1.807) is 49.7 Å². The zero-order valence-corrected chi connectivity index (χ0v) is 17.4. The second kappa shape index (κ2) is 9.04. The summed E-state index contributed by atoms with van der Waals surface area (Å²) in [5, 5.41) is 11.1. The van der Waals surface area contributed by atoms with Crippen molar-refractivity contribution in [3.8, 4) is 0 Å². The molecule has 3 rings (SSSR count). The third-order valence-electron chi connectivity index (χ3n) is 4.78. The number of amides is 2. The quantitative estimate of drug-likeness (QED) is 0.252. The van der Waals surface area contributed by atoms with Crippen molar-refractivity contribution >= 4 is 41.0 Å². The van der Waals surface area contributed by atoms with E-state index in [1.807, 2.05) is 0 Å². The average Bonchev–Trinajstić information content (AvgIpc) is 3.34. The number of rotatable bonds is 8. The summed E-state index contributed by atoms with van der Waals surface area (Å²) in [7, 11) is 0. The number of hydrogen-bond donors (Lipinski definition) is 3. The zero-order valence-electron chi connectivity index (χ0n) is 16.6. The Morgan fingerprint density at radius 3 is 2.60 bits per heavy atom.